The maximum atomic E-state index is 9.36. The van der Waals surface area contributed by atoms with Crippen LogP contribution in [0.25, 0.3) is 0 Å². The Hall–Kier alpha value is -1.13. The first-order chi connectivity index (χ1) is 8.86. The Kier molecular flexibility index (Phi) is 3.48. The van der Waals surface area contributed by atoms with E-state index in [4.69, 9.17) is 0 Å². The zero-order valence-electron chi connectivity index (χ0n) is 10.8. The van der Waals surface area contributed by atoms with Gasteiger partial charge in [0.15, 0.2) is 0 Å². The van der Waals surface area contributed by atoms with Gasteiger partial charge in [-0.15, -0.1) is 0 Å². The van der Waals surface area contributed by atoms with Crippen LogP contribution in [-0.2, 0) is 6.61 Å². The van der Waals surface area contributed by atoms with Crippen LogP contribution >= 0.6 is 0 Å². The molecule has 4 nitrogen and oxygen atoms in total. The fourth-order valence-electron chi connectivity index (χ4n) is 2.67. The van der Waals surface area contributed by atoms with Gasteiger partial charge in [-0.2, -0.15) is 0 Å². The van der Waals surface area contributed by atoms with Crippen LogP contribution in [0.15, 0.2) is 18.5 Å². The largest absolute Gasteiger partial charge is 0.392 e. The van der Waals surface area contributed by atoms with Crippen LogP contribution in [-0.4, -0.2) is 47.7 Å². The molecule has 1 aliphatic heterocycles. The number of nitrogens with zero attached hydrogens (tertiary/aromatic N) is 3. The Bertz CT molecular complexity index is 398. The Morgan fingerprint density at radius 1 is 1.22 bits per heavy atom. The van der Waals surface area contributed by atoms with E-state index in [0.29, 0.717) is 0 Å². The predicted octanol–water partition coefficient (Wildman–Crippen LogP) is 1.11. The molecule has 0 unspecified atom stereocenters. The highest BCUT2D eigenvalue weighted by atomic mass is 16.3. The van der Waals surface area contributed by atoms with Crippen molar-refractivity contribution < 1.29 is 5.11 Å². The van der Waals surface area contributed by atoms with Crippen molar-refractivity contribution in [2.75, 3.05) is 37.6 Å². The minimum absolute atomic E-state index is 0.0974. The fourth-order valence-corrected chi connectivity index (χ4v) is 2.67. The van der Waals surface area contributed by atoms with Gasteiger partial charge in [0.2, 0.25) is 0 Å². The third-order valence-corrected chi connectivity index (χ3v) is 3.98. The Balaban J connectivity index is 1.60. The standard InChI is InChI=1S/C14H21N3O/c18-11-13-3-4-15-9-14(13)17-7-5-16(6-8-17)10-12-1-2-12/h3-4,9,12,18H,1-2,5-8,10-11H2. The number of aromatic nitrogens is 1. The average Bonchev–Trinajstić information content (AvgIpc) is 3.24. The summed E-state index contributed by atoms with van der Waals surface area (Å²) < 4.78 is 0. The van der Waals surface area contributed by atoms with Crippen LogP contribution in [0.3, 0.4) is 0 Å². The van der Waals surface area contributed by atoms with Crippen LogP contribution in [0.2, 0.25) is 0 Å². The molecule has 0 spiro atoms. The lowest BCUT2D eigenvalue weighted by molar-refractivity contribution is 0.246. The van der Waals surface area contributed by atoms with E-state index in [0.717, 1.165) is 43.3 Å². The molecule has 0 bridgehead atoms. The second-order valence-electron chi connectivity index (χ2n) is 5.39. The molecule has 2 heterocycles. The molecule has 1 saturated heterocycles. The molecule has 1 aromatic rings. The predicted molar refractivity (Wildman–Crippen MR) is 71.5 cm³/mol. The summed E-state index contributed by atoms with van der Waals surface area (Å²) in [6.45, 7) is 5.75. The number of piperazine rings is 1. The van der Waals surface area contributed by atoms with Crippen LogP contribution < -0.4 is 4.90 Å². The summed E-state index contributed by atoms with van der Waals surface area (Å²) in [6, 6.07) is 1.91. The quantitative estimate of drug-likeness (QED) is 0.865. The number of hydrogen-bond acceptors (Lipinski definition) is 4. The summed E-state index contributed by atoms with van der Waals surface area (Å²) >= 11 is 0. The zero-order chi connectivity index (χ0) is 12.4. The minimum atomic E-state index is 0.0974. The van der Waals surface area contributed by atoms with Crippen LogP contribution in [0.5, 0.6) is 0 Å². The molecule has 0 atom stereocenters. The third-order valence-electron chi connectivity index (χ3n) is 3.98. The van der Waals surface area contributed by atoms with Gasteiger partial charge in [0.25, 0.3) is 0 Å². The van der Waals surface area contributed by atoms with E-state index in [1.54, 1.807) is 6.20 Å². The molecule has 0 aromatic carbocycles. The molecule has 2 aliphatic rings. The lowest BCUT2D eigenvalue weighted by atomic mass is 10.2. The normalized spacial score (nSPS) is 21.3. The molecule has 1 aliphatic carbocycles. The summed E-state index contributed by atoms with van der Waals surface area (Å²) in [5.74, 6) is 0.975. The van der Waals surface area contributed by atoms with E-state index in [-0.39, 0.29) is 6.61 Å². The van der Waals surface area contributed by atoms with Crippen molar-refractivity contribution in [3.8, 4) is 0 Å². The van der Waals surface area contributed by atoms with Crippen molar-refractivity contribution in [1.82, 2.24) is 9.88 Å². The fraction of sp³-hybridized carbons (Fsp3) is 0.643. The van der Waals surface area contributed by atoms with E-state index in [2.05, 4.69) is 14.8 Å². The lowest BCUT2D eigenvalue weighted by Crippen LogP contribution is -2.47. The van der Waals surface area contributed by atoms with E-state index in [1.807, 2.05) is 12.3 Å². The van der Waals surface area contributed by atoms with Crippen molar-refractivity contribution in [3.05, 3.63) is 24.0 Å². The van der Waals surface area contributed by atoms with Gasteiger partial charge in [0, 0.05) is 44.5 Å². The summed E-state index contributed by atoms with van der Waals surface area (Å²) in [5, 5.41) is 9.36. The monoisotopic (exact) mass is 247 g/mol. The molecular weight excluding hydrogens is 226 g/mol. The molecule has 1 saturated carbocycles. The second-order valence-corrected chi connectivity index (χ2v) is 5.39. The maximum absolute atomic E-state index is 9.36. The Labute approximate surface area is 108 Å². The lowest BCUT2D eigenvalue weighted by Gasteiger charge is -2.36. The minimum Gasteiger partial charge on any atom is -0.392 e. The smallest absolute Gasteiger partial charge is 0.0703 e. The van der Waals surface area contributed by atoms with Gasteiger partial charge in [-0.25, -0.2) is 0 Å². The van der Waals surface area contributed by atoms with Gasteiger partial charge in [-0.05, 0) is 24.8 Å². The molecule has 3 rings (SSSR count). The van der Waals surface area contributed by atoms with Crippen molar-refractivity contribution in [1.29, 1.82) is 0 Å². The number of rotatable bonds is 4. The first-order valence-corrected chi connectivity index (χ1v) is 6.88. The third kappa shape index (κ3) is 2.65. The second kappa shape index (κ2) is 5.24. The van der Waals surface area contributed by atoms with Gasteiger partial charge in [-0.1, -0.05) is 0 Å². The highest BCUT2D eigenvalue weighted by molar-refractivity contribution is 5.51. The molecule has 0 radical (unpaired) electrons. The van der Waals surface area contributed by atoms with E-state index in [9.17, 15) is 5.11 Å². The summed E-state index contributed by atoms with van der Waals surface area (Å²) in [6.07, 6.45) is 6.48. The number of aliphatic hydroxyl groups excluding tert-OH is 1. The van der Waals surface area contributed by atoms with E-state index < -0.39 is 0 Å². The average molecular weight is 247 g/mol. The van der Waals surface area contributed by atoms with Gasteiger partial charge < -0.3 is 10.0 Å². The number of anilines is 1. The molecule has 2 fully saturated rings. The zero-order valence-corrected chi connectivity index (χ0v) is 10.8. The number of pyridine rings is 1. The maximum Gasteiger partial charge on any atom is 0.0703 e. The summed E-state index contributed by atoms with van der Waals surface area (Å²) in [4.78, 5) is 9.10. The topological polar surface area (TPSA) is 39.6 Å². The Morgan fingerprint density at radius 2 is 2.00 bits per heavy atom. The van der Waals surface area contributed by atoms with Crippen molar-refractivity contribution in [2.24, 2.45) is 5.92 Å². The molecule has 1 N–H and O–H groups in total. The van der Waals surface area contributed by atoms with Crippen molar-refractivity contribution in [3.63, 3.8) is 0 Å². The van der Waals surface area contributed by atoms with Gasteiger partial charge in [0.05, 0.1) is 18.5 Å². The first-order valence-electron chi connectivity index (χ1n) is 6.88. The highest BCUT2D eigenvalue weighted by Gasteiger charge is 2.26. The van der Waals surface area contributed by atoms with Crippen LogP contribution in [0, 0.1) is 5.92 Å². The highest BCUT2D eigenvalue weighted by Crippen LogP contribution is 2.30. The Morgan fingerprint density at radius 3 is 2.67 bits per heavy atom. The van der Waals surface area contributed by atoms with Crippen LogP contribution in [0.1, 0.15) is 18.4 Å². The molecule has 18 heavy (non-hydrogen) atoms. The van der Waals surface area contributed by atoms with Gasteiger partial charge in [-0.3, -0.25) is 9.88 Å². The molecule has 4 heteroatoms. The number of aliphatic hydroxyl groups is 1. The molecule has 0 amide bonds. The van der Waals surface area contributed by atoms with E-state index >= 15 is 0 Å². The van der Waals surface area contributed by atoms with Gasteiger partial charge >= 0.3 is 0 Å². The van der Waals surface area contributed by atoms with Crippen LogP contribution in [0.4, 0.5) is 5.69 Å². The van der Waals surface area contributed by atoms with Crippen molar-refractivity contribution >= 4 is 5.69 Å². The number of hydrogen-bond donors (Lipinski definition) is 1. The molecular formula is C14H21N3O. The van der Waals surface area contributed by atoms with E-state index in [1.165, 1.54) is 19.4 Å². The SMILES string of the molecule is OCc1ccncc1N1CCN(CC2CC2)CC1. The summed E-state index contributed by atoms with van der Waals surface area (Å²) in [7, 11) is 0. The summed E-state index contributed by atoms with van der Waals surface area (Å²) in [5.41, 5.74) is 2.09. The van der Waals surface area contributed by atoms with Crippen molar-refractivity contribution in [2.45, 2.75) is 19.4 Å². The molecule has 1 aromatic heterocycles. The van der Waals surface area contributed by atoms with Gasteiger partial charge in [0.1, 0.15) is 0 Å². The first kappa shape index (κ1) is 11.9. The molecule has 98 valence electrons.